The Kier molecular flexibility index (Phi) is 9.08. The first-order valence-corrected chi connectivity index (χ1v) is 10.6. The van der Waals surface area contributed by atoms with Crippen LogP contribution in [0, 0.1) is 0 Å². The third-order valence-corrected chi connectivity index (χ3v) is 3.94. The molecule has 0 aliphatic carbocycles. The molecule has 0 bridgehead atoms. The van der Waals surface area contributed by atoms with Crippen molar-refractivity contribution in [2.45, 2.75) is 40.2 Å². The van der Waals surface area contributed by atoms with Crippen LogP contribution >= 0.6 is 0 Å². The quantitative estimate of drug-likeness (QED) is 0.527. The summed E-state index contributed by atoms with van der Waals surface area (Å²) in [5, 5.41) is 5.24. The van der Waals surface area contributed by atoms with Crippen LogP contribution in [0.5, 0.6) is 11.5 Å². The number of esters is 1. The van der Waals surface area contributed by atoms with Crippen molar-refractivity contribution in [3.8, 4) is 11.5 Å². The Morgan fingerprint density at radius 1 is 0.879 bits per heavy atom. The zero-order chi connectivity index (χ0) is 24.4. The minimum absolute atomic E-state index is 0.228. The maximum atomic E-state index is 12.3. The van der Waals surface area contributed by atoms with Crippen molar-refractivity contribution in [1.82, 2.24) is 0 Å². The van der Waals surface area contributed by atoms with Crippen molar-refractivity contribution < 1.29 is 33.3 Å². The molecule has 2 rings (SSSR count). The SMILES string of the molecule is CCOc1ccc(OCC)c(NC(=O)COC(=O)c2ccc(NC(=O)OC(C)(C)C)cc2)c1. The number of hydrogen-bond donors (Lipinski definition) is 2. The van der Waals surface area contributed by atoms with Crippen molar-refractivity contribution in [2.24, 2.45) is 0 Å². The summed E-state index contributed by atoms with van der Waals surface area (Å²) in [7, 11) is 0. The highest BCUT2D eigenvalue weighted by Crippen LogP contribution is 2.29. The Hall–Kier alpha value is -3.75. The molecule has 0 saturated heterocycles. The van der Waals surface area contributed by atoms with Gasteiger partial charge in [-0.15, -0.1) is 0 Å². The molecule has 0 aliphatic heterocycles. The van der Waals surface area contributed by atoms with Crippen molar-refractivity contribution in [2.75, 3.05) is 30.5 Å². The van der Waals surface area contributed by atoms with E-state index in [0.717, 1.165) is 0 Å². The standard InChI is InChI=1S/C24H30N2O7/c1-6-30-18-12-13-20(31-7-2)19(14-18)26-21(27)15-32-22(28)16-8-10-17(11-9-16)25-23(29)33-24(3,4)5/h8-14H,6-7,15H2,1-5H3,(H,25,29)(H,26,27). The Morgan fingerprint density at radius 2 is 1.55 bits per heavy atom. The lowest BCUT2D eigenvalue weighted by Gasteiger charge is -2.19. The van der Waals surface area contributed by atoms with E-state index in [1.807, 2.05) is 13.8 Å². The number of hydrogen-bond acceptors (Lipinski definition) is 7. The number of carbonyl (C=O) groups is 3. The van der Waals surface area contributed by atoms with Gasteiger partial charge in [0.25, 0.3) is 5.91 Å². The first-order valence-electron chi connectivity index (χ1n) is 10.6. The number of anilines is 2. The molecule has 2 aromatic carbocycles. The van der Waals surface area contributed by atoms with Gasteiger partial charge >= 0.3 is 12.1 Å². The number of benzene rings is 2. The van der Waals surface area contributed by atoms with Crippen LogP contribution < -0.4 is 20.1 Å². The fourth-order valence-electron chi connectivity index (χ4n) is 2.66. The fraction of sp³-hybridized carbons (Fsp3) is 0.375. The monoisotopic (exact) mass is 458 g/mol. The minimum Gasteiger partial charge on any atom is -0.494 e. The molecule has 0 atom stereocenters. The molecule has 0 aromatic heterocycles. The van der Waals surface area contributed by atoms with Gasteiger partial charge in [0.15, 0.2) is 6.61 Å². The van der Waals surface area contributed by atoms with Crippen molar-refractivity contribution in [1.29, 1.82) is 0 Å². The summed E-state index contributed by atoms with van der Waals surface area (Å²) in [4.78, 5) is 36.4. The van der Waals surface area contributed by atoms with E-state index in [9.17, 15) is 14.4 Å². The third-order valence-electron chi connectivity index (χ3n) is 3.94. The third kappa shape index (κ3) is 8.72. The number of nitrogens with one attached hydrogen (secondary N) is 2. The molecule has 9 heteroatoms. The highest BCUT2D eigenvalue weighted by Gasteiger charge is 2.17. The van der Waals surface area contributed by atoms with Gasteiger partial charge in [0.1, 0.15) is 17.1 Å². The van der Waals surface area contributed by atoms with Gasteiger partial charge in [-0.25, -0.2) is 9.59 Å². The van der Waals surface area contributed by atoms with E-state index in [2.05, 4.69) is 10.6 Å². The summed E-state index contributed by atoms with van der Waals surface area (Å²) in [5.41, 5.74) is 0.478. The molecule has 0 aliphatic rings. The lowest BCUT2D eigenvalue weighted by Crippen LogP contribution is -2.27. The molecule has 0 unspecified atom stereocenters. The second-order valence-corrected chi connectivity index (χ2v) is 7.85. The second-order valence-electron chi connectivity index (χ2n) is 7.85. The number of carbonyl (C=O) groups excluding carboxylic acids is 3. The van der Waals surface area contributed by atoms with Crippen LogP contribution in [0.25, 0.3) is 0 Å². The average Bonchev–Trinajstić information content (AvgIpc) is 2.73. The summed E-state index contributed by atoms with van der Waals surface area (Å²) >= 11 is 0. The first kappa shape index (κ1) is 25.5. The lowest BCUT2D eigenvalue weighted by molar-refractivity contribution is -0.119. The number of rotatable bonds is 9. The second kappa shape index (κ2) is 11.8. The normalized spacial score (nSPS) is 10.7. The van der Waals surface area contributed by atoms with Crippen LogP contribution in [-0.2, 0) is 14.3 Å². The van der Waals surface area contributed by atoms with E-state index in [0.29, 0.717) is 36.1 Å². The molecule has 2 N–H and O–H groups in total. The number of ether oxygens (including phenoxy) is 4. The smallest absolute Gasteiger partial charge is 0.412 e. The number of amides is 2. The predicted molar refractivity (Wildman–Crippen MR) is 124 cm³/mol. The van der Waals surface area contributed by atoms with Gasteiger partial charge in [-0.2, -0.15) is 0 Å². The maximum absolute atomic E-state index is 12.3. The van der Waals surface area contributed by atoms with Crippen molar-refractivity contribution in [3.63, 3.8) is 0 Å². The Labute approximate surface area is 193 Å². The van der Waals surface area contributed by atoms with Gasteiger partial charge < -0.3 is 24.3 Å². The van der Waals surface area contributed by atoms with E-state index in [1.165, 1.54) is 24.3 Å². The highest BCUT2D eigenvalue weighted by molar-refractivity contribution is 5.96. The van der Waals surface area contributed by atoms with Crippen LogP contribution in [0.2, 0.25) is 0 Å². The van der Waals surface area contributed by atoms with E-state index >= 15 is 0 Å². The molecule has 0 spiro atoms. The van der Waals surface area contributed by atoms with E-state index in [-0.39, 0.29) is 5.56 Å². The highest BCUT2D eigenvalue weighted by atomic mass is 16.6. The summed E-state index contributed by atoms with van der Waals surface area (Å²) in [5.74, 6) is -0.148. The molecule has 2 aromatic rings. The molecule has 2 amide bonds. The maximum Gasteiger partial charge on any atom is 0.412 e. The molecule has 0 heterocycles. The van der Waals surface area contributed by atoms with E-state index < -0.39 is 30.2 Å². The fourth-order valence-corrected chi connectivity index (χ4v) is 2.66. The summed E-state index contributed by atoms with van der Waals surface area (Å²) < 4.78 is 21.2. The molecule has 9 nitrogen and oxygen atoms in total. The van der Waals surface area contributed by atoms with Gasteiger partial charge in [0.05, 0.1) is 24.5 Å². The summed E-state index contributed by atoms with van der Waals surface area (Å²) in [6.07, 6.45) is -0.602. The van der Waals surface area contributed by atoms with Crippen LogP contribution in [-0.4, -0.2) is 43.4 Å². The van der Waals surface area contributed by atoms with Gasteiger partial charge in [0.2, 0.25) is 0 Å². The van der Waals surface area contributed by atoms with Gasteiger partial charge in [-0.1, -0.05) is 0 Å². The zero-order valence-corrected chi connectivity index (χ0v) is 19.5. The summed E-state index contributed by atoms with van der Waals surface area (Å²) in [6, 6.07) is 11.1. The van der Waals surface area contributed by atoms with Crippen LogP contribution in [0.3, 0.4) is 0 Å². The largest absolute Gasteiger partial charge is 0.494 e. The Bertz CT molecular complexity index is 966. The van der Waals surface area contributed by atoms with Crippen molar-refractivity contribution >= 4 is 29.3 Å². The van der Waals surface area contributed by atoms with Crippen LogP contribution in [0.15, 0.2) is 42.5 Å². The Balaban J connectivity index is 1.92. The molecular weight excluding hydrogens is 428 g/mol. The van der Waals surface area contributed by atoms with E-state index in [1.54, 1.807) is 39.0 Å². The topological polar surface area (TPSA) is 112 Å². The molecule has 0 saturated carbocycles. The molecular formula is C24H30N2O7. The van der Waals surface area contributed by atoms with Gasteiger partial charge in [-0.05, 0) is 71.0 Å². The summed E-state index contributed by atoms with van der Waals surface area (Å²) in [6.45, 7) is 9.38. The van der Waals surface area contributed by atoms with Gasteiger partial charge in [-0.3, -0.25) is 10.1 Å². The molecule has 178 valence electrons. The van der Waals surface area contributed by atoms with Gasteiger partial charge in [0, 0.05) is 11.8 Å². The molecule has 0 radical (unpaired) electrons. The zero-order valence-electron chi connectivity index (χ0n) is 19.5. The molecule has 33 heavy (non-hydrogen) atoms. The Morgan fingerprint density at radius 3 is 2.15 bits per heavy atom. The van der Waals surface area contributed by atoms with Crippen LogP contribution in [0.1, 0.15) is 45.0 Å². The van der Waals surface area contributed by atoms with Crippen LogP contribution in [0.4, 0.5) is 16.2 Å². The minimum atomic E-state index is -0.679. The lowest BCUT2D eigenvalue weighted by atomic mass is 10.2. The van der Waals surface area contributed by atoms with Crippen molar-refractivity contribution in [3.05, 3.63) is 48.0 Å². The predicted octanol–water partition coefficient (Wildman–Crippen LogP) is 4.63. The van der Waals surface area contributed by atoms with E-state index in [4.69, 9.17) is 18.9 Å². The average molecular weight is 459 g/mol. The molecule has 0 fully saturated rings. The first-order chi connectivity index (χ1) is 15.6.